The molecule has 1 amide bonds. The topological polar surface area (TPSA) is 89.9 Å². The summed E-state index contributed by atoms with van der Waals surface area (Å²) in [7, 11) is 0. The van der Waals surface area contributed by atoms with E-state index in [0.717, 1.165) is 49.0 Å². The van der Waals surface area contributed by atoms with Crippen LogP contribution in [-0.2, 0) is 27.4 Å². The number of aliphatic hydroxyl groups is 1. The van der Waals surface area contributed by atoms with Gasteiger partial charge in [-0.1, -0.05) is 110 Å². The number of amides is 1. The van der Waals surface area contributed by atoms with Crippen LogP contribution in [0.4, 0.5) is 4.79 Å². The minimum atomic E-state index is -0.550. The molecule has 6 rings (SSSR count). The molecule has 0 unspecified atom stereocenters. The molecule has 1 saturated heterocycles. The van der Waals surface area contributed by atoms with Crippen molar-refractivity contribution in [3.8, 4) is 11.1 Å². The van der Waals surface area contributed by atoms with E-state index >= 15 is 0 Å². The molecule has 0 saturated carbocycles. The highest BCUT2D eigenvalue weighted by Gasteiger charge is 2.38. The van der Waals surface area contributed by atoms with Gasteiger partial charge in [-0.25, -0.2) is 9.78 Å². The average Bonchev–Trinajstić information content (AvgIpc) is 3.53. The van der Waals surface area contributed by atoms with Crippen LogP contribution >= 0.6 is 23.1 Å². The van der Waals surface area contributed by atoms with Crippen molar-refractivity contribution in [1.29, 1.82) is 0 Å². The molecular formula is C37H36N2O5S2. The molecule has 46 heavy (non-hydrogen) atoms. The number of thioether (sulfide) groups is 1. The number of hydrogen-bond donors (Lipinski definition) is 2. The van der Waals surface area contributed by atoms with Crippen LogP contribution in [0.2, 0.25) is 0 Å². The predicted octanol–water partition coefficient (Wildman–Crippen LogP) is 8.45. The zero-order valence-electron chi connectivity index (χ0n) is 25.5. The summed E-state index contributed by atoms with van der Waals surface area (Å²) < 4.78 is 20.5. The van der Waals surface area contributed by atoms with Crippen LogP contribution in [0.5, 0.6) is 0 Å². The fraction of sp³-hybridized carbons (Fsp3) is 0.243. The van der Waals surface area contributed by atoms with Crippen molar-refractivity contribution in [2.24, 2.45) is 5.92 Å². The first kappa shape index (κ1) is 32.0. The molecular weight excluding hydrogens is 617 g/mol. The Morgan fingerprint density at radius 2 is 1.76 bits per heavy atom. The zero-order chi connectivity index (χ0) is 31.9. The molecule has 0 spiro atoms. The van der Waals surface area contributed by atoms with Gasteiger partial charge in [0.05, 0.1) is 29.0 Å². The van der Waals surface area contributed by atoms with Crippen LogP contribution in [0.1, 0.15) is 41.6 Å². The Kier molecular flexibility index (Phi) is 10.5. The van der Waals surface area contributed by atoms with Crippen LogP contribution in [-0.4, -0.2) is 34.6 Å². The maximum absolute atomic E-state index is 11.8. The number of ether oxygens (including phenoxy) is 3. The van der Waals surface area contributed by atoms with Crippen molar-refractivity contribution in [1.82, 2.24) is 10.3 Å². The molecule has 0 bridgehead atoms. The maximum Gasteiger partial charge on any atom is 0.407 e. The minimum absolute atomic E-state index is 0.00255. The fourth-order valence-electron chi connectivity index (χ4n) is 5.43. The van der Waals surface area contributed by atoms with Gasteiger partial charge in [-0.15, -0.1) is 11.3 Å². The van der Waals surface area contributed by atoms with E-state index in [1.165, 1.54) is 10.8 Å². The summed E-state index contributed by atoms with van der Waals surface area (Å²) in [5.74, 6) is 0.828. The number of nitrogens with zero attached hydrogens (tertiary/aromatic N) is 1. The van der Waals surface area contributed by atoms with Gasteiger partial charge in [-0.3, -0.25) is 0 Å². The van der Waals surface area contributed by atoms with E-state index in [4.69, 9.17) is 19.2 Å². The van der Waals surface area contributed by atoms with E-state index in [-0.39, 0.29) is 31.3 Å². The molecule has 0 aliphatic carbocycles. The Morgan fingerprint density at radius 1 is 0.978 bits per heavy atom. The quantitative estimate of drug-likeness (QED) is 0.109. The number of aromatic nitrogens is 1. The Hall–Kier alpha value is -3.99. The number of carbonyl (C=O) groups excluding carboxylic acids is 1. The van der Waals surface area contributed by atoms with Crippen LogP contribution in [0, 0.1) is 5.92 Å². The summed E-state index contributed by atoms with van der Waals surface area (Å²) in [6, 6.07) is 32.5. The average molecular weight is 653 g/mol. The van der Waals surface area contributed by atoms with Crippen molar-refractivity contribution < 1.29 is 24.1 Å². The van der Waals surface area contributed by atoms with E-state index in [1.54, 1.807) is 23.1 Å². The molecule has 4 aromatic carbocycles. The lowest BCUT2D eigenvalue weighted by Gasteiger charge is -2.41. The number of thiazole rings is 1. The van der Waals surface area contributed by atoms with Gasteiger partial charge in [0.15, 0.2) is 10.6 Å². The normalized spacial score (nSPS) is 19.5. The molecule has 9 heteroatoms. The second kappa shape index (κ2) is 15.1. The molecule has 4 atom stereocenters. The van der Waals surface area contributed by atoms with Crippen LogP contribution in [0.25, 0.3) is 21.3 Å². The number of para-hydroxylation sites is 1. The van der Waals surface area contributed by atoms with Crippen LogP contribution in [0.3, 0.4) is 0 Å². The molecule has 1 fully saturated rings. The number of hydrogen-bond acceptors (Lipinski definition) is 8. The molecule has 0 radical (unpaired) electrons. The first-order valence-electron chi connectivity index (χ1n) is 15.2. The van der Waals surface area contributed by atoms with E-state index in [9.17, 15) is 9.90 Å². The summed E-state index contributed by atoms with van der Waals surface area (Å²) in [6.07, 6.45) is 0.239. The number of carbonyl (C=O) groups is 1. The third-order valence-electron chi connectivity index (χ3n) is 7.98. The van der Waals surface area contributed by atoms with Crippen molar-refractivity contribution in [2.75, 3.05) is 12.4 Å². The highest BCUT2D eigenvalue weighted by atomic mass is 32.2. The molecule has 1 aliphatic rings. The second-order valence-electron chi connectivity index (χ2n) is 11.1. The molecule has 1 aliphatic heterocycles. The van der Waals surface area contributed by atoms with Crippen molar-refractivity contribution >= 4 is 39.4 Å². The summed E-state index contributed by atoms with van der Waals surface area (Å²) >= 11 is 3.43. The molecule has 5 aromatic rings. The van der Waals surface area contributed by atoms with E-state index in [0.29, 0.717) is 6.54 Å². The second-order valence-corrected chi connectivity index (χ2v) is 13.4. The number of aliphatic hydroxyl groups excluding tert-OH is 1. The van der Waals surface area contributed by atoms with E-state index in [1.807, 2.05) is 60.7 Å². The molecule has 1 aromatic heterocycles. The van der Waals surface area contributed by atoms with Gasteiger partial charge < -0.3 is 24.6 Å². The number of fused-ring (bicyclic) bond motifs is 1. The van der Waals surface area contributed by atoms with Crippen LogP contribution < -0.4 is 5.32 Å². The third-order valence-corrected chi connectivity index (χ3v) is 10.2. The first-order valence-corrected chi connectivity index (χ1v) is 17.0. The summed E-state index contributed by atoms with van der Waals surface area (Å²) in [5.41, 5.74) is 6.93. The van der Waals surface area contributed by atoms with Crippen molar-refractivity contribution in [3.05, 3.63) is 132 Å². The number of benzene rings is 4. The van der Waals surface area contributed by atoms with Gasteiger partial charge in [-0.05, 0) is 46.0 Å². The van der Waals surface area contributed by atoms with E-state index < -0.39 is 12.4 Å². The number of alkyl carbamates (subject to hydrolysis) is 1. The Labute approximate surface area is 277 Å². The molecule has 236 valence electrons. The first-order chi connectivity index (χ1) is 22.5. The molecule has 2 N–H and O–H groups in total. The fourth-order valence-corrected chi connectivity index (χ4v) is 7.69. The Morgan fingerprint density at radius 3 is 2.52 bits per heavy atom. The standard InChI is InChI=1S/C37H36N2O5S2/c1-3-19-42-36(41)38-21-26-7-6-8-30(20-26)27-15-17-29(18-16-27)35-43-32(23-45-37-39-31-9-4-5-10-33(31)46-37)24(2)34(44-35)28-13-11-25(22-40)12-14-28/h3-18,20,24,32,34-35,40H,1,19,21-23H2,2H3,(H,38,41)/t24-,32+,34+,35+/m1/s1. The SMILES string of the molecule is C=CCOC(=O)NCc1cccc(-c2ccc([C@H]3O[C@@H](CSc4nc5ccccc5s4)[C@@H](C)[C@@H](c4ccc(CO)cc4)O3)cc2)c1. The maximum atomic E-state index is 11.8. The summed E-state index contributed by atoms with van der Waals surface area (Å²) in [4.78, 5) is 16.6. The Bertz CT molecular complexity index is 1740. The highest BCUT2D eigenvalue weighted by molar-refractivity contribution is 8.01. The van der Waals surface area contributed by atoms with Gasteiger partial charge in [0, 0.05) is 23.8 Å². The summed E-state index contributed by atoms with van der Waals surface area (Å²) in [5, 5.41) is 12.3. The zero-order valence-corrected chi connectivity index (χ0v) is 27.1. The number of rotatable bonds is 11. The van der Waals surface area contributed by atoms with Gasteiger partial charge in [0.2, 0.25) is 0 Å². The van der Waals surface area contributed by atoms with E-state index in [2.05, 4.69) is 55.2 Å². The lowest BCUT2D eigenvalue weighted by molar-refractivity contribution is -0.268. The smallest absolute Gasteiger partial charge is 0.407 e. The third kappa shape index (κ3) is 7.68. The Balaban J connectivity index is 1.19. The number of nitrogens with one attached hydrogen (secondary N) is 1. The lowest BCUT2D eigenvalue weighted by atomic mass is 9.91. The van der Waals surface area contributed by atoms with Gasteiger partial charge in [-0.2, -0.15) is 0 Å². The van der Waals surface area contributed by atoms with Gasteiger partial charge >= 0.3 is 6.09 Å². The highest BCUT2D eigenvalue weighted by Crippen LogP contribution is 2.43. The van der Waals surface area contributed by atoms with Crippen LogP contribution in [0.15, 0.2) is 114 Å². The monoisotopic (exact) mass is 652 g/mol. The molecule has 7 nitrogen and oxygen atoms in total. The van der Waals surface area contributed by atoms with Crippen molar-refractivity contribution in [2.45, 2.75) is 42.9 Å². The lowest BCUT2D eigenvalue weighted by Crippen LogP contribution is -2.38. The predicted molar refractivity (Wildman–Crippen MR) is 184 cm³/mol. The van der Waals surface area contributed by atoms with Crippen molar-refractivity contribution in [3.63, 3.8) is 0 Å². The van der Waals surface area contributed by atoms with Gasteiger partial charge in [0.25, 0.3) is 0 Å². The van der Waals surface area contributed by atoms with Gasteiger partial charge in [0.1, 0.15) is 6.61 Å². The molecule has 2 heterocycles. The largest absolute Gasteiger partial charge is 0.445 e. The summed E-state index contributed by atoms with van der Waals surface area (Å²) in [6.45, 7) is 6.27. The minimum Gasteiger partial charge on any atom is -0.445 e.